The maximum absolute atomic E-state index is 11.7. The lowest BCUT2D eigenvalue weighted by molar-refractivity contribution is -0.111. The topological polar surface area (TPSA) is 95.9 Å². The van der Waals surface area contributed by atoms with E-state index in [2.05, 4.69) is 5.32 Å². The maximum Gasteiger partial charge on any atom is 0.407 e. The third-order valence-corrected chi connectivity index (χ3v) is 3.28. The standard InChI is InChI=1S/C14H16N2O5/c17-8-12-6-11(7-16(12)14(19)20)15-13(18)21-9-10-4-2-1-3-5-10/h1-5,8,11-12H,6-7,9H2,(H,15,18)(H,19,20). The number of amides is 2. The molecular formula is C14H16N2O5. The van der Waals surface area contributed by atoms with Crippen LogP contribution in [0.3, 0.4) is 0 Å². The van der Waals surface area contributed by atoms with Gasteiger partial charge in [0.05, 0.1) is 12.1 Å². The lowest BCUT2D eigenvalue weighted by atomic mass is 10.2. The summed E-state index contributed by atoms with van der Waals surface area (Å²) < 4.78 is 5.05. The van der Waals surface area contributed by atoms with Crippen LogP contribution in [-0.2, 0) is 16.1 Å². The number of hydrogen-bond donors (Lipinski definition) is 2. The Hall–Kier alpha value is -2.57. The summed E-state index contributed by atoms with van der Waals surface area (Å²) in [6.45, 7) is 0.221. The second-order valence-corrected chi connectivity index (χ2v) is 4.78. The minimum absolute atomic E-state index is 0.0825. The van der Waals surface area contributed by atoms with Crippen molar-refractivity contribution >= 4 is 18.5 Å². The van der Waals surface area contributed by atoms with Gasteiger partial charge < -0.3 is 20.0 Å². The van der Waals surface area contributed by atoms with E-state index in [1.54, 1.807) is 0 Å². The Morgan fingerprint density at radius 3 is 2.67 bits per heavy atom. The molecule has 2 N–H and O–H groups in total. The van der Waals surface area contributed by atoms with Gasteiger partial charge in [0.2, 0.25) is 0 Å². The first-order valence-electron chi connectivity index (χ1n) is 6.52. The molecule has 1 saturated heterocycles. The van der Waals surface area contributed by atoms with Crippen LogP contribution in [0.1, 0.15) is 12.0 Å². The second kappa shape index (κ2) is 6.74. The highest BCUT2D eigenvalue weighted by atomic mass is 16.5. The Bertz CT molecular complexity index is 519. The minimum Gasteiger partial charge on any atom is -0.465 e. The van der Waals surface area contributed by atoms with Gasteiger partial charge in [-0.15, -0.1) is 0 Å². The highest BCUT2D eigenvalue weighted by Crippen LogP contribution is 2.16. The molecule has 1 heterocycles. The molecule has 7 nitrogen and oxygen atoms in total. The van der Waals surface area contributed by atoms with Crippen molar-refractivity contribution in [3.63, 3.8) is 0 Å². The molecule has 0 bridgehead atoms. The fourth-order valence-corrected chi connectivity index (χ4v) is 2.25. The SMILES string of the molecule is O=CC1CC(NC(=O)OCc2ccccc2)CN1C(=O)O. The van der Waals surface area contributed by atoms with Gasteiger partial charge in [0, 0.05) is 6.54 Å². The highest BCUT2D eigenvalue weighted by molar-refractivity contribution is 5.74. The molecule has 21 heavy (non-hydrogen) atoms. The number of aldehydes is 1. The first-order chi connectivity index (χ1) is 10.1. The fourth-order valence-electron chi connectivity index (χ4n) is 2.25. The van der Waals surface area contributed by atoms with Crippen LogP contribution in [-0.4, -0.2) is 47.1 Å². The summed E-state index contributed by atoms with van der Waals surface area (Å²) in [7, 11) is 0. The number of nitrogens with one attached hydrogen (secondary N) is 1. The van der Waals surface area contributed by atoms with E-state index in [9.17, 15) is 14.4 Å². The Labute approximate surface area is 121 Å². The van der Waals surface area contributed by atoms with Crippen molar-refractivity contribution in [3.8, 4) is 0 Å². The van der Waals surface area contributed by atoms with Crippen molar-refractivity contribution in [2.45, 2.75) is 25.1 Å². The quantitative estimate of drug-likeness (QED) is 0.814. The van der Waals surface area contributed by atoms with Crippen LogP contribution in [0.15, 0.2) is 30.3 Å². The van der Waals surface area contributed by atoms with Gasteiger partial charge in [-0.1, -0.05) is 30.3 Å². The van der Waals surface area contributed by atoms with Crippen molar-refractivity contribution in [1.29, 1.82) is 0 Å². The predicted molar refractivity (Wildman–Crippen MR) is 72.8 cm³/mol. The van der Waals surface area contributed by atoms with Crippen LogP contribution < -0.4 is 5.32 Å². The van der Waals surface area contributed by atoms with Crippen molar-refractivity contribution in [1.82, 2.24) is 10.2 Å². The molecule has 1 aliphatic rings. The van der Waals surface area contributed by atoms with E-state index < -0.39 is 24.3 Å². The van der Waals surface area contributed by atoms with Gasteiger partial charge in [-0.2, -0.15) is 0 Å². The molecule has 0 aliphatic carbocycles. The predicted octanol–water partition coefficient (Wildman–Crippen LogP) is 1.23. The molecule has 2 unspecified atom stereocenters. The monoisotopic (exact) mass is 292 g/mol. The third-order valence-electron chi connectivity index (χ3n) is 3.28. The van der Waals surface area contributed by atoms with Gasteiger partial charge in [-0.25, -0.2) is 9.59 Å². The Balaban J connectivity index is 1.81. The number of carbonyl (C=O) groups is 3. The van der Waals surface area contributed by atoms with Crippen LogP contribution in [0.5, 0.6) is 0 Å². The van der Waals surface area contributed by atoms with Crippen LogP contribution in [0, 0.1) is 0 Å². The molecule has 0 saturated carbocycles. The zero-order chi connectivity index (χ0) is 15.2. The largest absolute Gasteiger partial charge is 0.465 e. The van der Waals surface area contributed by atoms with Crippen molar-refractivity contribution < 1.29 is 24.2 Å². The van der Waals surface area contributed by atoms with Crippen molar-refractivity contribution in [2.24, 2.45) is 0 Å². The molecule has 1 aromatic rings. The van der Waals surface area contributed by atoms with E-state index in [0.29, 0.717) is 6.29 Å². The molecule has 0 radical (unpaired) electrons. The Morgan fingerprint density at radius 1 is 1.38 bits per heavy atom. The van der Waals surface area contributed by atoms with Gasteiger partial charge in [0.15, 0.2) is 0 Å². The normalized spacial score (nSPS) is 20.9. The van der Waals surface area contributed by atoms with E-state index in [1.165, 1.54) is 0 Å². The summed E-state index contributed by atoms with van der Waals surface area (Å²) in [5.41, 5.74) is 0.858. The average molecular weight is 292 g/mol. The first kappa shape index (κ1) is 14.8. The van der Waals surface area contributed by atoms with Crippen molar-refractivity contribution in [2.75, 3.05) is 6.54 Å². The molecule has 2 amide bonds. The summed E-state index contributed by atoms with van der Waals surface area (Å²) in [6.07, 6.45) is -0.962. The molecule has 2 atom stereocenters. The molecule has 1 aliphatic heterocycles. The van der Waals surface area contributed by atoms with Crippen molar-refractivity contribution in [3.05, 3.63) is 35.9 Å². The lowest BCUT2D eigenvalue weighted by Crippen LogP contribution is -2.39. The number of rotatable bonds is 4. The third kappa shape index (κ3) is 3.95. The van der Waals surface area contributed by atoms with Gasteiger partial charge in [-0.05, 0) is 12.0 Å². The molecule has 1 fully saturated rings. The summed E-state index contributed by atoms with van der Waals surface area (Å²) in [4.78, 5) is 34.4. The molecule has 2 rings (SSSR count). The van der Waals surface area contributed by atoms with Gasteiger partial charge in [0.25, 0.3) is 0 Å². The minimum atomic E-state index is -1.17. The second-order valence-electron chi connectivity index (χ2n) is 4.78. The summed E-state index contributed by atoms with van der Waals surface area (Å²) in [5.74, 6) is 0. The van der Waals surface area contributed by atoms with Crippen LogP contribution in [0.4, 0.5) is 9.59 Å². The summed E-state index contributed by atoms with van der Waals surface area (Å²) in [5, 5.41) is 11.5. The zero-order valence-electron chi connectivity index (χ0n) is 11.3. The van der Waals surface area contributed by atoms with Gasteiger partial charge in [-0.3, -0.25) is 4.90 Å². The molecule has 112 valence electrons. The maximum atomic E-state index is 11.7. The summed E-state index contributed by atoms with van der Waals surface area (Å²) >= 11 is 0. The van der Waals surface area contributed by atoms with Gasteiger partial charge >= 0.3 is 12.2 Å². The van der Waals surface area contributed by atoms with E-state index in [1.807, 2.05) is 30.3 Å². The molecule has 7 heteroatoms. The average Bonchev–Trinajstić information content (AvgIpc) is 2.89. The molecule has 1 aromatic carbocycles. The number of nitrogens with zero attached hydrogens (tertiary/aromatic N) is 1. The van der Waals surface area contributed by atoms with E-state index >= 15 is 0 Å². The molecule has 0 spiro atoms. The Kier molecular flexibility index (Phi) is 4.76. The first-order valence-corrected chi connectivity index (χ1v) is 6.52. The number of likely N-dealkylation sites (tertiary alicyclic amines) is 1. The zero-order valence-corrected chi connectivity index (χ0v) is 11.3. The van der Waals surface area contributed by atoms with Gasteiger partial charge in [0.1, 0.15) is 12.9 Å². The Morgan fingerprint density at radius 2 is 2.10 bits per heavy atom. The highest BCUT2D eigenvalue weighted by Gasteiger charge is 2.35. The number of carbonyl (C=O) groups excluding carboxylic acids is 2. The molecule has 0 aromatic heterocycles. The van der Waals surface area contributed by atoms with E-state index in [-0.39, 0.29) is 19.6 Å². The number of alkyl carbamates (subject to hydrolysis) is 1. The lowest BCUT2D eigenvalue weighted by Gasteiger charge is -2.15. The number of benzene rings is 1. The number of ether oxygens (including phenoxy) is 1. The van der Waals surface area contributed by atoms with Crippen LogP contribution in [0.25, 0.3) is 0 Å². The number of carboxylic acid groups (broad SMARTS) is 1. The van der Waals surface area contributed by atoms with Crippen LogP contribution >= 0.6 is 0 Å². The summed E-state index contributed by atoms with van der Waals surface area (Å²) in [6, 6.07) is 8.07. The smallest absolute Gasteiger partial charge is 0.407 e. The van der Waals surface area contributed by atoms with Crippen LogP contribution in [0.2, 0.25) is 0 Å². The van der Waals surface area contributed by atoms with E-state index in [4.69, 9.17) is 9.84 Å². The molecular weight excluding hydrogens is 276 g/mol. The number of hydrogen-bond acceptors (Lipinski definition) is 4. The fraction of sp³-hybridized carbons (Fsp3) is 0.357. The van der Waals surface area contributed by atoms with E-state index in [0.717, 1.165) is 10.5 Å².